The number of aromatic amines is 1. The first-order valence-electron chi connectivity index (χ1n) is 12.7. The number of H-pyrrole nitrogens is 1. The molecule has 2 aromatic carbocycles. The fourth-order valence-electron chi connectivity index (χ4n) is 5.24. The van der Waals surface area contributed by atoms with Gasteiger partial charge in [-0.25, -0.2) is 4.79 Å². The van der Waals surface area contributed by atoms with Crippen LogP contribution in [0.15, 0.2) is 51.7 Å². The molecule has 3 heterocycles. The monoisotopic (exact) mass is 501 g/mol. The van der Waals surface area contributed by atoms with Crippen LogP contribution < -0.4 is 15.7 Å². The van der Waals surface area contributed by atoms with Crippen LogP contribution in [-0.2, 0) is 29.0 Å². The summed E-state index contributed by atoms with van der Waals surface area (Å²) < 4.78 is 11.6. The minimum Gasteiger partial charge on any atom is -0.483 e. The molecule has 4 aromatic rings. The van der Waals surface area contributed by atoms with Crippen LogP contribution in [0.4, 0.5) is 0 Å². The molecule has 0 fully saturated rings. The predicted octanol–water partition coefficient (Wildman–Crippen LogP) is 4.00. The number of aryl methyl sites for hydroxylation is 2. The van der Waals surface area contributed by atoms with Crippen molar-refractivity contribution in [3.05, 3.63) is 75.3 Å². The number of para-hydroxylation sites is 1. The summed E-state index contributed by atoms with van der Waals surface area (Å²) in [7, 11) is 1.58. The number of hydrogen-bond donors (Lipinski definition) is 2. The van der Waals surface area contributed by atoms with Crippen molar-refractivity contribution >= 4 is 33.7 Å². The van der Waals surface area contributed by atoms with Crippen LogP contribution in [0, 0.1) is 6.92 Å². The van der Waals surface area contributed by atoms with Gasteiger partial charge in [0.2, 0.25) is 5.91 Å². The summed E-state index contributed by atoms with van der Waals surface area (Å²) in [5.41, 5.74) is 4.73. The molecule has 0 aliphatic carbocycles. The van der Waals surface area contributed by atoms with E-state index in [2.05, 4.69) is 17.2 Å². The Morgan fingerprint density at radius 1 is 1.22 bits per heavy atom. The number of unbranched alkanes of at least 4 members (excludes halogenated alkanes) is 1. The summed E-state index contributed by atoms with van der Waals surface area (Å²) in [6, 6.07) is 12.5. The Morgan fingerprint density at radius 2 is 2.03 bits per heavy atom. The number of carbonyl (C=O) groups excluding carboxylic acids is 2. The number of likely N-dealkylation sites (N-methyl/N-ethyl adjacent to an activating group) is 1. The normalized spacial score (nSPS) is 15.1. The maximum atomic E-state index is 13.5. The number of hydrogen-bond acceptors (Lipinski definition) is 5. The number of benzene rings is 2. The molecule has 0 bridgehead atoms. The Bertz CT molecular complexity index is 1550. The lowest BCUT2D eigenvalue weighted by Gasteiger charge is -2.34. The van der Waals surface area contributed by atoms with E-state index in [0.29, 0.717) is 29.6 Å². The van der Waals surface area contributed by atoms with E-state index in [0.717, 1.165) is 46.1 Å². The largest absolute Gasteiger partial charge is 0.483 e. The summed E-state index contributed by atoms with van der Waals surface area (Å²) in [4.78, 5) is 43.4. The van der Waals surface area contributed by atoms with Gasteiger partial charge in [0, 0.05) is 36.1 Å². The van der Waals surface area contributed by atoms with E-state index >= 15 is 0 Å². The van der Waals surface area contributed by atoms with E-state index in [4.69, 9.17) is 9.15 Å². The highest BCUT2D eigenvalue weighted by Gasteiger charge is 2.36. The Balaban J connectivity index is 1.45. The van der Waals surface area contributed by atoms with Gasteiger partial charge in [0.15, 0.2) is 6.61 Å². The molecule has 8 nitrogen and oxygen atoms in total. The van der Waals surface area contributed by atoms with Gasteiger partial charge in [0.1, 0.15) is 17.4 Å². The highest BCUT2D eigenvalue weighted by atomic mass is 16.5. The maximum absolute atomic E-state index is 13.5. The number of carbonyl (C=O) groups is 2. The van der Waals surface area contributed by atoms with Crippen LogP contribution in [0.25, 0.3) is 21.9 Å². The zero-order valence-corrected chi connectivity index (χ0v) is 21.3. The van der Waals surface area contributed by atoms with Crippen molar-refractivity contribution in [1.29, 1.82) is 0 Å². The topological polar surface area (TPSA) is 105 Å². The van der Waals surface area contributed by atoms with Crippen LogP contribution in [0.1, 0.15) is 42.1 Å². The number of fused-ring (bicyclic) bond motifs is 4. The summed E-state index contributed by atoms with van der Waals surface area (Å²) >= 11 is 0. The lowest BCUT2D eigenvalue weighted by atomic mass is 9.96. The molecule has 8 heteroatoms. The first kappa shape index (κ1) is 24.6. The van der Waals surface area contributed by atoms with E-state index in [1.165, 1.54) is 6.07 Å². The first-order chi connectivity index (χ1) is 17.9. The van der Waals surface area contributed by atoms with Gasteiger partial charge in [-0.1, -0.05) is 31.5 Å². The number of nitrogens with one attached hydrogen (secondary N) is 2. The smallest absolute Gasteiger partial charge is 0.336 e. The van der Waals surface area contributed by atoms with Crippen molar-refractivity contribution in [2.24, 2.45) is 0 Å². The van der Waals surface area contributed by atoms with Crippen molar-refractivity contribution < 1.29 is 18.7 Å². The Kier molecular flexibility index (Phi) is 6.74. The third kappa shape index (κ3) is 4.71. The average Bonchev–Trinajstić information content (AvgIpc) is 3.26. The molecule has 0 radical (unpaired) electrons. The van der Waals surface area contributed by atoms with E-state index in [-0.39, 0.29) is 25.0 Å². The Labute approximate surface area is 214 Å². The molecular formula is C29H31N3O5. The molecule has 1 aliphatic rings. The van der Waals surface area contributed by atoms with Crippen LogP contribution in [0.5, 0.6) is 5.75 Å². The molecule has 0 saturated carbocycles. The molecule has 2 aromatic heterocycles. The maximum Gasteiger partial charge on any atom is 0.336 e. The molecule has 5 rings (SSSR count). The van der Waals surface area contributed by atoms with E-state index in [1.807, 2.05) is 43.3 Å². The van der Waals surface area contributed by atoms with Crippen molar-refractivity contribution in [3.8, 4) is 5.75 Å². The van der Waals surface area contributed by atoms with Gasteiger partial charge in [-0.3, -0.25) is 9.59 Å². The molecule has 0 unspecified atom stereocenters. The molecule has 0 saturated heterocycles. The predicted molar refractivity (Wildman–Crippen MR) is 142 cm³/mol. The Hall–Kier alpha value is -4.07. The lowest BCUT2D eigenvalue weighted by Crippen LogP contribution is -2.53. The molecule has 192 valence electrons. The SMILES string of the molecule is CCCCc1cc(=O)oc2cc(C)cc(OCC(=O)N3Cc4[nH]c5ccccc5c4C[C@H]3C(=O)NC)c12. The second-order valence-electron chi connectivity index (χ2n) is 9.60. The van der Waals surface area contributed by atoms with Gasteiger partial charge < -0.3 is 24.4 Å². The second kappa shape index (κ2) is 10.1. The van der Waals surface area contributed by atoms with E-state index in [9.17, 15) is 14.4 Å². The quantitative estimate of drug-likeness (QED) is 0.373. The number of amides is 2. The van der Waals surface area contributed by atoms with E-state index in [1.54, 1.807) is 11.9 Å². The summed E-state index contributed by atoms with van der Waals surface area (Å²) in [5.74, 6) is -0.00743. The Morgan fingerprint density at radius 3 is 2.81 bits per heavy atom. The standard InChI is InChI=1S/C29H31N3O5/c1-4-5-8-18-13-27(34)37-25-12-17(2)11-24(28(18)25)36-16-26(33)32-15-22-20(14-23(32)29(35)30-3)19-9-6-7-10-21(19)31-22/h6-7,9-13,23,31H,4-5,8,14-16H2,1-3H3,(H,30,35)/t23-/m0/s1. The molecule has 0 spiro atoms. The second-order valence-corrected chi connectivity index (χ2v) is 9.60. The third-order valence-corrected chi connectivity index (χ3v) is 7.06. The van der Waals surface area contributed by atoms with Crippen LogP contribution in [0.3, 0.4) is 0 Å². The fraction of sp³-hybridized carbons (Fsp3) is 0.345. The highest BCUT2D eigenvalue weighted by molar-refractivity contribution is 5.92. The minimum atomic E-state index is -0.639. The van der Waals surface area contributed by atoms with Gasteiger partial charge in [-0.15, -0.1) is 0 Å². The summed E-state index contributed by atoms with van der Waals surface area (Å²) in [5, 5.41) is 4.49. The molecule has 1 aliphatic heterocycles. The zero-order chi connectivity index (χ0) is 26.1. The van der Waals surface area contributed by atoms with E-state index < -0.39 is 11.7 Å². The number of nitrogens with zero attached hydrogens (tertiary/aromatic N) is 1. The lowest BCUT2D eigenvalue weighted by molar-refractivity contribution is -0.143. The number of rotatable bonds is 7. The summed E-state index contributed by atoms with van der Waals surface area (Å²) in [6.07, 6.45) is 3.03. The van der Waals surface area contributed by atoms with Crippen molar-refractivity contribution in [2.75, 3.05) is 13.7 Å². The van der Waals surface area contributed by atoms with Crippen LogP contribution >= 0.6 is 0 Å². The van der Waals surface area contributed by atoms with Gasteiger partial charge in [-0.2, -0.15) is 0 Å². The zero-order valence-electron chi connectivity index (χ0n) is 21.3. The molecule has 2 amide bonds. The van der Waals surface area contributed by atoms with Crippen LogP contribution in [0.2, 0.25) is 0 Å². The van der Waals surface area contributed by atoms with Crippen molar-refractivity contribution in [3.63, 3.8) is 0 Å². The molecule has 1 atom stereocenters. The number of aromatic nitrogens is 1. The van der Waals surface area contributed by atoms with Gasteiger partial charge >= 0.3 is 5.63 Å². The van der Waals surface area contributed by atoms with Gasteiger partial charge in [-0.05, 0) is 54.7 Å². The fourth-order valence-corrected chi connectivity index (χ4v) is 5.24. The van der Waals surface area contributed by atoms with Gasteiger partial charge in [0.25, 0.3) is 5.91 Å². The number of ether oxygens (including phenoxy) is 1. The molecule has 37 heavy (non-hydrogen) atoms. The summed E-state index contributed by atoms with van der Waals surface area (Å²) in [6.45, 7) is 4.02. The van der Waals surface area contributed by atoms with Crippen LogP contribution in [-0.4, -0.2) is 41.4 Å². The van der Waals surface area contributed by atoms with Crippen molar-refractivity contribution in [1.82, 2.24) is 15.2 Å². The minimum absolute atomic E-state index is 0.214. The van der Waals surface area contributed by atoms with Crippen molar-refractivity contribution in [2.45, 2.75) is 52.1 Å². The van der Waals surface area contributed by atoms with Gasteiger partial charge in [0.05, 0.1) is 11.9 Å². The third-order valence-electron chi connectivity index (χ3n) is 7.06. The average molecular weight is 502 g/mol. The first-order valence-corrected chi connectivity index (χ1v) is 12.7. The molecule has 2 N–H and O–H groups in total. The highest BCUT2D eigenvalue weighted by Crippen LogP contribution is 2.32. The molecular weight excluding hydrogens is 470 g/mol.